The molecule has 3 rings (SSSR count). The summed E-state index contributed by atoms with van der Waals surface area (Å²) in [6.45, 7) is 13.3. The Morgan fingerprint density at radius 2 is 1.90 bits per heavy atom. The number of hydrogen-bond acceptors (Lipinski definition) is 4. The van der Waals surface area contributed by atoms with E-state index in [4.69, 9.17) is 4.98 Å². The van der Waals surface area contributed by atoms with Crippen LogP contribution in [0.25, 0.3) is 11.0 Å². The van der Waals surface area contributed by atoms with Gasteiger partial charge in [-0.2, -0.15) is 5.10 Å². The highest BCUT2D eigenvalue weighted by molar-refractivity contribution is 6.05. The van der Waals surface area contributed by atoms with Crippen LogP contribution in [0.4, 0.5) is 0 Å². The van der Waals surface area contributed by atoms with Gasteiger partial charge in [0.15, 0.2) is 5.65 Å². The fourth-order valence-electron chi connectivity index (χ4n) is 3.71. The van der Waals surface area contributed by atoms with Crippen LogP contribution < -0.4 is 5.32 Å². The third-order valence-electron chi connectivity index (χ3n) is 5.48. The van der Waals surface area contributed by atoms with Crippen LogP contribution in [0.15, 0.2) is 12.3 Å². The summed E-state index contributed by atoms with van der Waals surface area (Å²) >= 11 is 0. The average molecular weight is 400 g/mol. The molecule has 0 aliphatic carbocycles. The zero-order valence-electron chi connectivity index (χ0n) is 18.4. The number of fused-ring (bicyclic) bond motifs is 1. The van der Waals surface area contributed by atoms with E-state index < -0.39 is 0 Å². The van der Waals surface area contributed by atoms with Crippen molar-refractivity contribution in [2.75, 3.05) is 13.1 Å². The van der Waals surface area contributed by atoms with Crippen molar-refractivity contribution in [3.63, 3.8) is 0 Å². The number of carbonyl (C=O) groups excluding carboxylic acids is 2. The number of piperidine rings is 1. The first-order chi connectivity index (χ1) is 13.7. The van der Waals surface area contributed by atoms with Gasteiger partial charge in [-0.3, -0.25) is 9.59 Å². The molecule has 1 N–H and O–H groups in total. The number of carbonyl (C=O) groups is 2. The van der Waals surface area contributed by atoms with Crippen molar-refractivity contribution in [3.05, 3.63) is 23.5 Å². The van der Waals surface area contributed by atoms with Crippen LogP contribution in [-0.4, -0.2) is 50.6 Å². The van der Waals surface area contributed by atoms with Gasteiger partial charge in [-0.25, -0.2) is 9.67 Å². The van der Waals surface area contributed by atoms with Gasteiger partial charge < -0.3 is 10.2 Å². The van der Waals surface area contributed by atoms with E-state index in [2.05, 4.69) is 38.1 Å². The Hall–Kier alpha value is -2.44. The highest BCUT2D eigenvalue weighted by Gasteiger charge is 2.28. The zero-order chi connectivity index (χ0) is 21.3. The lowest BCUT2D eigenvalue weighted by molar-refractivity contribution is -0.125. The number of nitrogens with zero attached hydrogens (tertiary/aromatic N) is 4. The van der Waals surface area contributed by atoms with Gasteiger partial charge in [0.05, 0.1) is 17.1 Å². The number of pyridine rings is 1. The van der Waals surface area contributed by atoms with E-state index in [1.54, 1.807) is 6.20 Å². The van der Waals surface area contributed by atoms with Gasteiger partial charge in [0, 0.05) is 36.8 Å². The van der Waals surface area contributed by atoms with Crippen molar-refractivity contribution < 1.29 is 9.59 Å². The quantitative estimate of drug-likeness (QED) is 0.834. The Kier molecular flexibility index (Phi) is 6.24. The van der Waals surface area contributed by atoms with Crippen LogP contribution in [0.1, 0.15) is 82.4 Å². The molecule has 29 heavy (non-hydrogen) atoms. The molecule has 1 aliphatic rings. The van der Waals surface area contributed by atoms with Crippen LogP contribution in [0.5, 0.6) is 0 Å². The summed E-state index contributed by atoms with van der Waals surface area (Å²) in [6, 6.07) is 2.08. The van der Waals surface area contributed by atoms with E-state index in [9.17, 15) is 9.59 Å². The van der Waals surface area contributed by atoms with Gasteiger partial charge >= 0.3 is 0 Å². The van der Waals surface area contributed by atoms with E-state index in [0.717, 1.165) is 29.6 Å². The molecule has 1 unspecified atom stereocenters. The molecule has 1 atom stereocenters. The fourth-order valence-corrected chi connectivity index (χ4v) is 3.71. The lowest BCUT2D eigenvalue weighted by Gasteiger charge is -2.33. The Morgan fingerprint density at radius 3 is 2.52 bits per heavy atom. The minimum absolute atomic E-state index is 0.00267. The third-order valence-corrected chi connectivity index (χ3v) is 5.48. The fraction of sp³-hybridized carbons (Fsp3) is 0.636. The highest BCUT2D eigenvalue weighted by atomic mass is 16.2. The Morgan fingerprint density at radius 1 is 1.17 bits per heavy atom. The first-order valence-electron chi connectivity index (χ1n) is 10.7. The number of nitrogens with one attached hydrogen (secondary N) is 1. The Labute approximate surface area is 172 Å². The molecule has 0 saturated carbocycles. The predicted octanol–water partition coefficient (Wildman–Crippen LogP) is 3.51. The number of likely N-dealkylation sites (tertiary alicyclic amines) is 1. The SMILES string of the molecule is CC(C)C(=O)NC1CCCN(C(=O)c2cc(C(C)C)nc3c2cnn3C(C)C)C1. The van der Waals surface area contributed by atoms with Crippen molar-refractivity contribution in [2.24, 2.45) is 5.92 Å². The molecule has 2 amide bonds. The predicted molar refractivity (Wildman–Crippen MR) is 114 cm³/mol. The molecule has 1 aliphatic heterocycles. The number of rotatable bonds is 5. The molecule has 1 saturated heterocycles. The summed E-state index contributed by atoms with van der Waals surface area (Å²) < 4.78 is 1.87. The van der Waals surface area contributed by atoms with Crippen LogP contribution in [0, 0.1) is 5.92 Å². The standard InChI is InChI=1S/C22H33N5O2/c1-13(2)19-10-17(18-11-23-27(15(5)6)20(18)25-19)22(29)26-9-7-8-16(12-26)24-21(28)14(3)4/h10-11,13-16H,7-9,12H2,1-6H3,(H,24,28). The maximum absolute atomic E-state index is 13.5. The molecule has 0 bridgehead atoms. The molecule has 7 heteroatoms. The van der Waals surface area contributed by atoms with Crippen LogP contribution in [0.3, 0.4) is 0 Å². The lowest BCUT2D eigenvalue weighted by atomic mass is 10.0. The number of hydrogen-bond donors (Lipinski definition) is 1. The number of aromatic nitrogens is 3. The molecular weight excluding hydrogens is 366 g/mol. The summed E-state index contributed by atoms with van der Waals surface area (Å²) in [5.74, 6) is 0.180. The summed E-state index contributed by atoms with van der Waals surface area (Å²) in [6.07, 6.45) is 3.53. The molecule has 3 heterocycles. The second kappa shape index (κ2) is 8.51. The van der Waals surface area contributed by atoms with Crippen LogP contribution in [0.2, 0.25) is 0 Å². The summed E-state index contributed by atoms with van der Waals surface area (Å²) in [5.41, 5.74) is 2.31. The molecule has 0 radical (unpaired) electrons. The largest absolute Gasteiger partial charge is 0.351 e. The smallest absolute Gasteiger partial charge is 0.254 e. The molecule has 1 fully saturated rings. The van der Waals surface area contributed by atoms with Crippen molar-refractivity contribution in [1.82, 2.24) is 25.0 Å². The van der Waals surface area contributed by atoms with E-state index >= 15 is 0 Å². The molecule has 2 aromatic heterocycles. The average Bonchev–Trinajstić information content (AvgIpc) is 3.11. The van der Waals surface area contributed by atoms with Gasteiger partial charge in [-0.15, -0.1) is 0 Å². The minimum Gasteiger partial charge on any atom is -0.351 e. The summed E-state index contributed by atoms with van der Waals surface area (Å²) in [7, 11) is 0. The monoisotopic (exact) mass is 399 g/mol. The van der Waals surface area contributed by atoms with Crippen molar-refractivity contribution in [1.29, 1.82) is 0 Å². The van der Waals surface area contributed by atoms with E-state index in [1.807, 2.05) is 29.5 Å². The number of amides is 2. The van der Waals surface area contributed by atoms with E-state index in [1.165, 1.54) is 0 Å². The van der Waals surface area contributed by atoms with E-state index in [-0.39, 0.29) is 35.7 Å². The van der Waals surface area contributed by atoms with Crippen molar-refractivity contribution in [3.8, 4) is 0 Å². The first-order valence-corrected chi connectivity index (χ1v) is 10.7. The highest BCUT2D eigenvalue weighted by Crippen LogP contribution is 2.26. The normalized spacial score (nSPS) is 17.6. The van der Waals surface area contributed by atoms with Gasteiger partial charge in [0.1, 0.15) is 0 Å². The van der Waals surface area contributed by atoms with Gasteiger partial charge in [0.25, 0.3) is 5.91 Å². The summed E-state index contributed by atoms with van der Waals surface area (Å²) in [4.78, 5) is 32.2. The van der Waals surface area contributed by atoms with Gasteiger partial charge in [0.2, 0.25) is 5.91 Å². The zero-order valence-corrected chi connectivity index (χ0v) is 18.4. The van der Waals surface area contributed by atoms with Crippen molar-refractivity contribution in [2.45, 2.75) is 72.4 Å². The molecule has 158 valence electrons. The van der Waals surface area contributed by atoms with Gasteiger partial charge in [-0.05, 0) is 38.7 Å². The maximum Gasteiger partial charge on any atom is 0.254 e. The molecule has 0 spiro atoms. The summed E-state index contributed by atoms with van der Waals surface area (Å²) in [5, 5.41) is 8.36. The van der Waals surface area contributed by atoms with E-state index in [0.29, 0.717) is 18.7 Å². The minimum atomic E-state index is -0.0589. The first kappa shape index (κ1) is 21.3. The molecular formula is C22H33N5O2. The third kappa shape index (κ3) is 4.43. The molecule has 0 aromatic carbocycles. The molecule has 7 nitrogen and oxygen atoms in total. The Bertz CT molecular complexity index is 900. The second-order valence-corrected chi connectivity index (χ2v) is 8.92. The topological polar surface area (TPSA) is 80.1 Å². The second-order valence-electron chi connectivity index (χ2n) is 8.92. The van der Waals surface area contributed by atoms with Crippen LogP contribution >= 0.6 is 0 Å². The van der Waals surface area contributed by atoms with Gasteiger partial charge in [-0.1, -0.05) is 27.7 Å². The Balaban J connectivity index is 1.92. The molecule has 2 aromatic rings. The lowest BCUT2D eigenvalue weighted by Crippen LogP contribution is -2.50. The maximum atomic E-state index is 13.5. The van der Waals surface area contributed by atoms with Crippen LogP contribution in [-0.2, 0) is 4.79 Å². The van der Waals surface area contributed by atoms with Crippen molar-refractivity contribution >= 4 is 22.8 Å².